The number of halogens is 1. The van der Waals surface area contributed by atoms with Crippen LogP contribution < -0.4 is 5.32 Å². The molecule has 0 fully saturated rings. The van der Waals surface area contributed by atoms with Crippen LogP contribution in [0.1, 0.15) is 23.4 Å². The number of nitro benzene ring substituents is 1. The molecule has 1 N–H and O–H groups in total. The number of hydrogen-bond donors (Lipinski definition) is 1. The number of nitrogens with zero attached hydrogens (tertiary/aromatic N) is 1. The average Bonchev–Trinajstić information content (AvgIpc) is 2.84. The summed E-state index contributed by atoms with van der Waals surface area (Å²) in [6.07, 6.45) is 0.980. The molecule has 6 heteroatoms. The maximum atomic E-state index is 10.6. The molecule has 1 unspecified atom stereocenters. The molecule has 2 aromatic rings. The molecule has 20 heavy (non-hydrogen) atoms. The summed E-state index contributed by atoms with van der Waals surface area (Å²) >= 11 is 5.19. The molecule has 2 rings (SSSR count). The highest BCUT2D eigenvalue weighted by molar-refractivity contribution is 9.11. The number of thiophene rings is 1. The van der Waals surface area contributed by atoms with Crippen molar-refractivity contribution in [1.29, 1.82) is 0 Å². The normalized spacial score (nSPS) is 12.3. The Labute approximate surface area is 130 Å². The fourth-order valence-corrected chi connectivity index (χ4v) is 3.38. The molecule has 1 aromatic heterocycles. The Morgan fingerprint density at radius 1 is 1.30 bits per heavy atom. The van der Waals surface area contributed by atoms with Crippen LogP contribution in [0.5, 0.6) is 0 Å². The van der Waals surface area contributed by atoms with Gasteiger partial charge in [0.15, 0.2) is 0 Å². The van der Waals surface area contributed by atoms with Gasteiger partial charge in [-0.3, -0.25) is 10.1 Å². The van der Waals surface area contributed by atoms with Gasteiger partial charge >= 0.3 is 0 Å². The molecule has 0 spiro atoms. The van der Waals surface area contributed by atoms with Crippen LogP contribution >= 0.6 is 27.3 Å². The summed E-state index contributed by atoms with van der Waals surface area (Å²) in [7, 11) is 0. The Bertz CT molecular complexity index is 583. The number of nitrogens with one attached hydrogen (secondary N) is 1. The van der Waals surface area contributed by atoms with Gasteiger partial charge in [-0.25, -0.2) is 0 Å². The summed E-state index contributed by atoms with van der Waals surface area (Å²) in [6.45, 7) is 2.94. The van der Waals surface area contributed by atoms with Crippen LogP contribution in [0, 0.1) is 10.1 Å². The molecule has 0 amide bonds. The van der Waals surface area contributed by atoms with Crippen molar-refractivity contribution in [3.05, 3.63) is 60.7 Å². The third kappa shape index (κ3) is 4.13. The maximum absolute atomic E-state index is 10.6. The van der Waals surface area contributed by atoms with Crippen LogP contribution in [0.4, 0.5) is 5.69 Å². The van der Waals surface area contributed by atoms with Gasteiger partial charge in [-0.15, -0.1) is 11.3 Å². The lowest BCUT2D eigenvalue weighted by Gasteiger charge is -2.13. The largest absolute Gasteiger partial charge is 0.310 e. The van der Waals surface area contributed by atoms with E-state index in [2.05, 4.69) is 40.3 Å². The topological polar surface area (TPSA) is 55.2 Å². The molecule has 0 aliphatic heterocycles. The summed E-state index contributed by atoms with van der Waals surface area (Å²) < 4.78 is 1.15. The molecule has 1 aromatic carbocycles. The van der Waals surface area contributed by atoms with Crippen molar-refractivity contribution in [2.24, 2.45) is 0 Å². The van der Waals surface area contributed by atoms with Gasteiger partial charge in [-0.2, -0.15) is 0 Å². The monoisotopic (exact) mass is 354 g/mol. The summed E-state index contributed by atoms with van der Waals surface area (Å²) in [4.78, 5) is 11.6. The summed E-state index contributed by atoms with van der Waals surface area (Å²) in [6, 6.07) is 11.1. The Morgan fingerprint density at radius 3 is 2.55 bits per heavy atom. The first-order valence-corrected chi connectivity index (χ1v) is 7.89. The zero-order valence-electron chi connectivity index (χ0n) is 11.0. The van der Waals surface area contributed by atoms with Crippen LogP contribution in [-0.2, 0) is 6.42 Å². The standard InChI is InChI=1S/C14H15BrN2O2S/c1-10(11-2-4-12(5-3-11)17(18)19)16-9-8-13-6-7-14(15)20-13/h2-7,10,16H,8-9H2,1H3. The summed E-state index contributed by atoms with van der Waals surface area (Å²) in [5.74, 6) is 0. The molecule has 0 saturated carbocycles. The first-order chi connectivity index (χ1) is 9.56. The fourth-order valence-electron chi connectivity index (χ4n) is 1.90. The lowest BCUT2D eigenvalue weighted by Crippen LogP contribution is -2.21. The Hall–Kier alpha value is -1.24. The minimum atomic E-state index is -0.378. The predicted octanol–water partition coefficient (Wildman–Crippen LogP) is 4.31. The highest BCUT2D eigenvalue weighted by Crippen LogP contribution is 2.22. The van der Waals surface area contributed by atoms with Crippen molar-refractivity contribution >= 4 is 33.0 Å². The molecule has 4 nitrogen and oxygen atoms in total. The first kappa shape index (κ1) is 15.2. The minimum absolute atomic E-state index is 0.129. The highest BCUT2D eigenvalue weighted by atomic mass is 79.9. The lowest BCUT2D eigenvalue weighted by molar-refractivity contribution is -0.384. The lowest BCUT2D eigenvalue weighted by atomic mass is 10.1. The summed E-state index contributed by atoms with van der Waals surface area (Å²) in [5, 5.41) is 14.0. The second kappa shape index (κ2) is 6.97. The van der Waals surface area contributed by atoms with Crippen LogP contribution in [0.2, 0.25) is 0 Å². The molecular weight excluding hydrogens is 340 g/mol. The number of benzene rings is 1. The van der Waals surface area contributed by atoms with Crippen molar-refractivity contribution in [3.8, 4) is 0 Å². The molecular formula is C14H15BrN2O2S. The van der Waals surface area contributed by atoms with E-state index in [1.807, 2.05) is 0 Å². The smallest absolute Gasteiger partial charge is 0.269 e. The van der Waals surface area contributed by atoms with Gasteiger partial charge in [-0.05, 0) is 47.0 Å². The van der Waals surface area contributed by atoms with E-state index in [0.29, 0.717) is 0 Å². The first-order valence-electron chi connectivity index (χ1n) is 6.28. The van der Waals surface area contributed by atoms with E-state index in [0.717, 1.165) is 22.3 Å². The second-order valence-electron chi connectivity index (χ2n) is 4.48. The van der Waals surface area contributed by atoms with E-state index in [9.17, 15) is 10.1 Å². The van der Waals surface area contributed by atoms with Crippen molar-refractivity contribution in [1.82, 2.24) is 5.32 Å². The predicted molar refractivity (Wildman–Crippen MR) is 85.2 cm³/mol. The Balaban J connectivity index is 1.85. The van der Waals surface area contributed by atoms with E-state index in [-0.39, 0.29) is 16.7 Å². The molecule has 0 saturated heterocycles. The summed E-state index contributed by atoms with van der Waals surface area (Å²) in [5.41, 5.74) is 1.19. The number of hydrogen-bond acceptors (Lipinski definition) is 4. The molecule has 0 aliphatic carbocycles. The highest BCUT2D eigenvalue weighted by Gasteiger charge is 2.08. The average molecular weight is 355 g/mol. The number of nitro groups is 1. The van der Waals surface area contributed by atoms with E-state index in [4.69, 9.17) is 0 Å². The third-order valence-electron chi connectivity index (χ3n) is 3.05. The zero-order valence-corrected chi connectivity index (χ0v) is 13.4. The fraction of sp³-hybridized carbons (Fsp3) is 0.286. The van der Waals surface area contributed by atoms with Gasteiger partial charge in [-0.1, -0.05) is 12.1 Å². The molecule has 1 atom stereocenters. The Morgan fingerprint density at radius 2 is 2.00 bits per heavy atom. The quantitative estimate of drug-likeness (QED) is 0.620. The van der Waals surface area contributed by atoms with E-state index in [1.165, 1.54) is 4.88 Å². The van der Waals surface area contributed by atoms with Gasteiger partial charge in [0.25, 0.3) is 5.69 Å². The Kier molecular flexibility index (Phi) is 5.28. The minimum Gasteiger partial charge on any atom is -0.310 e. The molecule has 106 valence electrons. The van der Waals surface area contributed by atoms with Crippen molar-refractivity contribution in [2.45, 2.75) is 19.4 Å². The van der Waals surface area contributed by atoms with Gasteiger partial charge in [0.05, 0.1) is 8.71 Å². The molecule has 0 bridgehead atoms. The molecule has 1 heterocycles. The molecule has 0 aliphatic rings. The number of rotatable bonds is 6. The van der Waals surface area contributed by atoms with E-state index in [1.54, 1.807) is 35.6 Å². The SMILES string of the molecule is CC(NCCc1ccc(Br)s1)c1ccc([N+](=O)[O-])cc1. The van der Waals surface area contributed by atoms with E-state index >= 15 is 0 Å². The maximum Gasteiger partial charge on any atom is 0.269 e. The van der Waals surface area contributed by atoms with Crippen molar-refractivity contribution in [3.63, 3.8) is 0 Å². The number of non-ortho nitro benzene ring substituents is 1. The van der Waals surface area contributed by atoms with Crippen LogP contribution in [0.15, 0.2) is 40.2 Å². The second-order valence-corrected chi connectivity index (χ2v) is 7.03. The third-order valence-corrected chi connectivity index (χ3v) is 4.74. The molecule has 0 radical (unpaired) electrons. The van der Waals surface area contributed by atoms with E-state index < -0.39 is 0 Å². The van der Waals surface area contributed by atoms with Gasteiger partial charge < -0.3 is 5.32 Å². The van der Waals surface area contributed by atoms with Gasteiger partial charge in [0, 0.05) is 29.6 Å². The zero-order chi connectivity index (χ0) is 14.5. The van der Waals surface area contributed by atoms with Gasteiger partial charge in [0.2, 0.25) is 0 Å². The van der Waals surface area contributed by atoms with Crippen LogP contribution in [0.25, 0.3) is 0 Å². The van der Waals surface area contributed by atoms with Crippen molar-refractivity contribution < 1.29 is 4.92 Å². The van der Waals surface area contributed by atoms with Gasteiger partial charge in [0.1, 0.15) is 0 Å². The van der Waals surface area contributed by atoms with Crippen LogP contribution in [-0.4, -0.2) is 11.5 Å². The van der Waals surface area contributed by atoms with Crippen LogP contribution in [0.3, 0.4) is 0 Å². The van der Waals surface area contributed by atoms with Crippen molar-refractivity contribution in [2.75, 3.05) is 6.54 Å².